The summed E-state index contributed by atoms with van der Waals surface area (Å²) in [4.78, 5) is 69.6. The van der Waals surface area contributed by atoms with E-state index in [-0.39, 0.29) is 5.92 Å². The zero-order chi connectivity index (χ0) is 23.6. The third kappa shape index (κ3) is 9.29. The molecule has 0 aliphatic rings. The van der Waals surface area contributed by atoms with E-state index >= 15 is 0 Å². The van der Waals surface area contributed by atoms with Gasteiger partial charge in [0.2, 0.25) is 23.6 Å². The fraction of sp³-hybridized carbons (Fsp3) is 0.625. The molecule has 0 aliphatic carbocycles. The minimum atomic E-state index is -1.83. The molecule has 0 saturated carbocycles. The van der Waals surface area contributed by atoms with E-state index in [0.717, 1.165) is 0 Å². The van der Waals surface area contributed by atoms with Crippen molar-refractivity contribution < 1.29 is 44.1 Å². The van der Waals surface area contributed by atoms with Crippen LogP contribution >= 0.6 is 0 Å². The molecule has 0 aromatic rings. The van der Waals surface area contributed by atoms with Crippen LogP contribution in [0, 0.1) is 5.92 Å². The van der Waals surface area contributed by atoms with Crippen molar-refractivity contribution in [2.45, 2.75) is 50.9 Å². The number of primary amides is 1. The van der Waals surface area contributed by atoms with Crippen molar-refractivity contribution in [2.24, 2.45) is 17.4 Å². The predicted molar refractivity (Wildman–Crippen MR) is 99.4 cm³/mol. The van der Waals surface area contributed by atoms with Crippen LogP contribution in [0.4, 0.5) is 0 Å². The van der Waals surface area contributed by atoms with Crippen molar-refractivity contribution in [1.29, 1.82) is 0 Å². The summed E-state index contributed by atoms with van der Waals surface area (Å²) in [5.41, 5.74) is 10.7. The SMILES string of the molecule is CC(C)C(N)C(=O)NC(CO)C(=O)NC(CC(N)=O)C(=O)NC(CC(=O)O)C(=O)O. The van der Waals surface area contributed by atoms with Crippen molar-refractivity contribution in [3.8, 4) is 0 Å². The highest BCUT2D eigenvalue weighted by molar-refractivity contribution is 5.96. The smallest absolute Gasteiger partial charge is 0.326 e. The number of rotatable bonds is 13. The Morgan fingerprint density at radius 3 is 1.67 bits per heavy atom. The maximum absolute atomic E-state index is 12.3. The van der Waals surface area contributed by atoms with Gasteiger partial charge in [0.1, 0.15) is 18.1 Å². The van der Waals surface area contributed by atoms with Gasteiger partial charge in [-0.2, -0.15) is 0 Å². The molecular weight excluding hydrogens is 406 g/mol. The standard InChI is InChI=1S/C16H27N5O9/c1-6(2)12(18)15(28)21-9(5-22)14(27)19-7(3-10(17)23)13(26)20-8(16(29)30)4-11(24)25/h6-9,12,22H,3-5,18H2,1-2H3,(H2,17,23)(H,19,27)(H,20,26)(H,21,28)(H,24,25)(H,29,30). The van der Waals surface area contributed by atoms with Crippen LogP contribution in [0.25, 0.3) is 0 Å². The molecule has 10 N–H and O–H groups in total. The first-order chi connectivity index (χ1) is 13.8. The lowest BCUT2D eigenvalue weighted by Gasteiger charge is -2.24. The predicted octanol–water partition coefficient (Wildman–Crippen LogP) is -4.15. The summed E-state index contributed by atoms with van der Waals surface area (Å²) in [5, 5.41) is 33.2. The number of aliphatic carboxylic acids is 2. The first-order valence-corrected chi connectivity index (χ1v) is 8.80. The second kappa shape index (κ2) is 12.3. The molecule has 0 aliphatic heterocycles. The van der Waals surface area contributed by atoms with Gasteiger partial charge in [0.05, 0.1) is 25.5 Å². The third-order valence-corrected chi connectivity index (χ3v) is 3.87. The first-order valence-electron chi connectivity index (χ1n) is 8.80. The van der Waals surface area contributed by atoms with E-state index in [1.807, 2.05) is 5.32 Å². The summed E-state index contributed by atoms with van der Waals surface area (Å²) in [5.74, 6) is -7.50. The average Bonchev–Trinajstić information content (AvgIpc) is 2.62. The molecule has 0 rings (SSSR count). The number of carboxylic acid groups (broad SMARTS) is 2. The second-order valence-electron chi connectivity index (χ2n) is 6.74. The Balaban J connectivity index is 5.33. The molecule has 4 atom stereocenters. The normalized spacial score (nSPS) is 14.7. The molecule has 170 valence electrons. The van der Waals surface area contributed by atoms with Gasteiger partial charge in [0, 0.05) is 0 Å². The fourth-order valence-corrected chi connectivity index (χ4v) is 2.09. The van der Waals surface area contributed by atoms with E-state index in [2.05, 4.69) is 10.6 Å². The Hall–Kier alpha value is -3.26. The Kier molecular flexibility index (Phi) is 11.0. The number of nitrogens with one attached hydrogen (secondary N) is 3. The lowest BCUT2D eigenvalue weighted by Crippen LogP contribution is -2.59. The Morgan fingerprint density at radius 2 is 1.27 bits per heavy atom. The molecular formula is C16H27N5O9. The summed E-state index contributed by atoms with van der Waals surface area (Å²) in [7, 11) is 0. The molecule has 4 amide bonds. The maximum atomic E-state index is 12.3. The largest absolute Gasteiger partial charge is 0.481 e. The molecule has 0 radical (unpaired) electrons. The van der Waals surface area contributed by atoms with Crippen molar-refractivity contribution >= 4 is 35.6 Å². The van der Waals surface area contributed by atoms with Crippen LogP contribution in [0.3, 0.4) is 0 Å². The molecule has 30 heavy (non-hydrogen) atoms. The fourth-order valence-electron chi connectivity index (χ4n) is 2.09. The molecule has 0 saturated heterocycles. The first kappa shape index (κ1) is 26.7. The molecule has 14 nitrogen and oxygen atoms in total. The van der Waals surface area contributed by atoms with Crippen LogP contribution in [-0.2, 0) is 28.8 Å². The molecule has 14 heteroatoms. The van der Waals surface area contributed by atoms with Crippen LogP contribution in [0.5, 0.6) is 0 Å². The van der Waals surface area contributed by atoms with E-state index in [0.29, 0.717) is 0 Å². The summed E-state index contributed by atoms with van der Waals surface area (Å²) in [6, 6.07) is -6.03. The Bertz CT molecular complexity index is 682. The van der Waals surface area contributed by atoms with Crippen LogP contribution < -0.4 is 27.4 Å². The van der Waals surface area contributed by atoms with Crippen molar-refractivity contribution in [3.05, 3.63) is 0 Å². The lowest BCUT2D eigenvalue weighted by molar-refractivity contribution is -0.147. The molecule has 0 aromatic carbocycles. The number of amides is 4. The number of carbonyl (C=O) groups excluding carboxylic acids is 4. The molecule has 0 bridgehead atoms. The van der Waals surface area contributed by atoms with Crippen LogP contribution in [0.15, 0.2) is 0 Å². The van der Waals surface area contributed by atoms with Gasteiger partial charge in [-0.25, -0.2) is 4.79 Å². The Labute approximate surface area is 171 Å². The molecule has 0 spiro atoms. The summed E-state index contributed by atoms with van der Waals surface area (Å²) in [6.07, 6.45) is -1.71. The van der Waals surface area contributed by atoms with Crippen molar-refractivity contribution in [1.82, 2.24) is 16.0 Å². The molecule has 4 unspecified atom stereocenters. The highest BCUT2D eigenvalue weighted by Crippen LogP contribution is 2.01. The zero-order valence-corrected chi connectivity index (χ0v) is 16.5. The van der Waals surface area contributed by atoms with E-state index in [1.54, 1.807) is 13.8 Å². The van der Waals surface area contributed by atoms with Gasteiger partial charge in [-0.1, -0.05) is 13.8 Å². The number of aliphatic hydroxyl groups excluding tert-OH is 1. The number of aliphatic hydroxyl groups is 1. The van der Waals surface area contributed by atoms with Crippen molar-refractivity contribution in [3.63, 3.8) is 0 Å². The second-order valence-corrected chi connectivity index (χ2v) is 6.74. The van der Waals surface area contributed by atoms with Gasteiger partial charge in [0.15, 0.2) is 0 Å². The molecule has 0 fully saturated rings. The summed E-state index contributed by atoms with van der Waals surface area (Å²) >= 11 is 0. The van der Waals surface area contributed by atoms with Gasteiger partial charge >= 0.3 is 11.9 Å². The van der Waals surface area contributed by atoms with Crippen LogP contribution in [0.2, 0.25) is 0 Å². The lowest BCUT2D eigenvalue weighted by atomic mass is 10.0. The number of nitrogens with two attached hydrogens (primary N) is 2. The summed E-state index contributed by atoms with van der Waals surface area (Å²) in [6.45, 7) is 2.44. The van der Waals surface area contributed by atoms with Gasteiger partial charge in [0.25, 0.3) is 0 Å². The minimum Gasteiger partial charge on any atom is -0.481 e. The van der Waals surface area contributed by atoms with E-state index < -0.39 is 79.2 Å². The molecule has 0 heterocycles. The van der Waals surface area contributed by atoms with E-state index in [4.69, 9.17) is 21.7 Å². The van der Waals surface area contributed by atoms with E-state index in [1.165, 1.54) is 0 Å². The monoisotopic (exact) mass is 433 g/mol. The van der Waals surface area contributed by atoms with Crippen LogP contribution in [0.1, 0.15) is 26.7 Å². The van der Waals surface area contributed by atoms with Crippen molar-refractivity contribution in [2.75, 3.05) is 6.61 Å². The zero-order valence-electron chi connectivity index (χ0n) is 16.5. The number of hydrogen-bond donors (Lipinski definition) is 8. The quantitative estimate of drug-likeness (QED) is 0.139. The minimum absolute atomic E-state index is 0.275. The summed E-state index contributed by atoms with van der Waals surface area (Å²) < 4.78 is 0. The third-order valence-electron chi connectivity index (χ3n) is 3.87. The Morgan fingerprint density at radius 1 is 0.800 bits per heavy atom. The topological polar surface area (TPSA) is 251 Å². The average molecular weight is 433 g/mol. The number of hydrogen-bond acceptors (Lipinski definition) is 8. The van der Waals surface area contributed by atoms with Gasteiger partial charge in [-0.3, -0.25) is 24.0 Å². The molecule has 0 aromatic heterocycles. The highest BCUT2D eigenvalue weighted by atomic mass is 16.4. The maximum Gasteiger partial charge on any atom is 0.326 e. The highest BCUT2D eigenvalue weighted by Gasteiger charge is 2.32. The van der Waals surface area contributed by atoms with Gasteiger partial charge in [-0.15, -0.1) is 0 Å². The number of carboxylic acids is 2. The number of carbonyl (C=O) groups is 6. The van der Waals surface area contributed by atoms with E-state index in [9.17, 15) is 33.9 Å². The van der Waals surface area contributed by atoms with Gasteiger partial charge in [-0.05, 0) is 5.92 Å². The van der Waals surface area contributed by atoms with Crippen LogP contribution in [-0.4, -0.2) is 81.7 Å². The van der Waals surface area contributed by atoms with Gasteiger partial charge < -0.3 is 42.7 Å².